The minimum absolute atomic E-state index is 0.0277. The molecule has 1 aromatic carbocycles. The van der Waals surface area contributed by atoms with Crippen LogP contribution in [0.15, 0.2) is 18.2 Å². The van der Waals surface area contributed by atoms with Crippen molar-refractivity contribution in [2.24, 2.45) is 17.3 Å². The molecule has 1 aromatic rings. The van der Waals surface area contributed by atoms with Crippen LogP contribution in [0.4, 0.5) is 0 Å². The first-order valence-corrected chi connectivity index (χ1v) is 9.45. The lowest BCUT2D eigenvalue weighted by atomic mass is 9.55. The van der Waals surface area contributed by atoms with Crippen LogP contribution in [0.25, 0.3) is 0 Å². The number of rotatable bonds is 1. The van der Waals surface area contributed by atoms with E-state index in [9.17, 15) is 15.0 Å². The Morgan fingerprint density at radius 1 is 1.24 bits per heavy atom. The van der Waals surface area contributed by atoms with Crippen molar-refractivity contribution in [3.8, 4) is 0 Å². The monoisotopic (exact) mass is 344 g/mol. The minimum Gasteiger partial charge on any atom is -0.459 e. The molecule has 0 aromatic heterocycles. The molecule has 2 fully saturated rings. The van der Waals surface area contributed by atoms with E-state index in [2.05, 4.69) is 32.0 Å². The number of aliphatic hydroxyl groups excluding tert-OH is 2. The van der Waals surface area contributed by atoms with Gasteiger partial charge in [-0.1, -0.05) is 30.7 Å². The molecule has 4 unspecified atom stereocenters. The zero-order valence-electron chi connectivity index (χ0n) is 15.2. The maximum absolute atomic E-state index is 11.5. The van der Waals surface area contributed by atoms with Crippen LogP contribution >= 0.6 is 0 Å². The van der Waals surface area contributed by atoms with Crippen molar-refractivity contribution >= 4 is 5.97 Å². The number of ether oxygens (including phenoxy) is 1. The number of hydrogen-bond acceptors (Lipinski definition) is 4. The molecule has 4 heteroatoms. The number of benzene rings is 1. The number of hydrogen-bond donors (Lipinski definition) is 2. The SMILES string of the molecule is CC(=O)OC1[C@@H](O)[C@@H](O)C2C3CCc4cc(C)ccc4C3CC[C@]12C. The van der Waals surface area contributed by atoms with E-state index in [0.717, 1.165) is 25.7 Å². The summed E-state index contributed by atoms with van der Waals surface area (Å²) in [6.07, 6.45) is 1.50. The van der Waals surface area contributed by atoms with Crippen LogP contribution in [0.5, 0.6) is 0 Å². The first-order valence-electron chi connectivity index (χ1n) is 9.45. The number of esters is 1. The summed E-state index contributed by atoms with van der Waals surface area (Å²) in [4.78, 5) is 11.5. The lowest BCUT2D eigenvalue weighted by molar-refractivity contribution is -0.161. The molecule has 136 valence electrons. The van der Waals surface area contributed by atoms with Crippen molar-refractivity contribution < 1.29 is 19.7 Å². The molecule has 2 N–H and O–H groups in total. The summed E-state index contributed by atoms with van der Waals surface area (Å²) in [6, 6.07) is 6.73. The zero-order valence-corrected chi connectivity index (χ0v) is 15.2. The van der Waals surface area contributed by atoms with E-state index in [1.165, 1.54) is 23.6 Å². The summed E-state index contributed by atoms with van der Waals surface area (Å²) in [6.45, 7) is 5.59. The van der Waals surface area contributed by atoms with Gasteiger partial charge < -0.3 is 14.9 Å². The topological polar surface area (TPSA) is 66.8 Å². The molecule has 2 saturated carbocycles. The Labute approximate surface area is 149 Å². The number of aliphatic hydroxyl groups is 2. The third-order valence-corrected chi connectivity index (χ3v) is 7.15. The van der Waals surface area contributed by atoms with Crippen molar-refractivity contribution in [3.05, 3.63) is 34.9 Å². The number of aryl methyl sites for hydroxylation is 2. The average Bonchev–Trinajstić information content (AvgIpc) is 2.75. The molecule has 0 spiro atoms. The number of carbonyl (C=O) groups excluding carboxylic acids is 1. The van der Waals surface area contributed by atoms with Gasteiger partial charge >= 0.3 is 5.97 Å². The Morgan fingerprint density at radius 2 is 2.00 bits per heavy atom. The smallest absolute Gasteiger partial charge is 0.303 e. The molecule has 7 atom stereocenters. The van der Waals surface area contributed by atoms with Crippen LogP contribution in [0.2, 0.25) is 0 Å². The Balaban J connectivity index is 1.70. The fraction of sp³-hybridized carbons (Fsp3) is 0.667. The van der Waals surface area contributed by atoms with Crippen molar-refractivity contribution in [2.45, 2.75) is 70.7 Å². The highest BCUT2D eigenvalue weighted by molar-refractivity contribution is 5.66. The van der Waals surface area contributed by atoms with Gasteiger partial charge in [-0.25, -0.2) is 0 Å². The van der Waals surface area contributed by atoms with E-state index in [1.54, 1.807) is 0 Å². The summed E-state index contributed by atoms with van der Waals surface area (Å²) in [5.74, 6) is 0.351. The summed E-state index contributed by atoms with van der Waals surface area (Å²) >= 11 is 0. The molecule has 25 heavy (non-hydrogen) atoms. The van der Waals surface area contributed by atoms with Gasteiger partial charge in [0.1, 0.15) is 12.2 Å². The Hall–Kier alpha value is -1.39. The van der Waals surface area contributed by atoms with Crippen LogP contribution in [0.3, 0.4) is 0 Å². The highest BCUT2D eigenvalue weighted by atomic mass is 16.6. The summed E-state index contributed by atoms with van der Waals surface area (Å²) < 4.78 is 5.48. The van der Waals surface area contributed by atoms with Gasteiger partial charge in [0.15, 0.2) is 0 Å². The van der Waals surface area contributed by atoms with E-state index in [-0.39, 0.29) is 17.3 Å². The van der Waals surface area contributed by atoms with E-state index >= 15 is 0 Å². The van der Waals surface area contributed by atoms with Gasteiger partial charge in [-0.2, -0.15) is 0 Å². The van der Waals surface area contributed by atoms with E-state index < -0.39 is 18.3 Å². The second-order valence-corrected chi connectivity index (χ2v) is 8.59. The predicted octanol–water partition coefficient (Wildman–Crippen LogP) is 2.72. The van der Waals surface area contributed by atoms with E-state index in [1.807, 2.05) is 0 Å². The summed E-state index contributed by atoms with van der Waals surface area (Å²) in [5.41, 5.74) is 3.80. The van der Waals surface area contributed by atoms with Crippen LogP contribution in [-0.2, 0) is 16.0 Å². The lowest BCUT2D eigenvalue weighted by Crippen LogP contribution is -2.47. The third kappa shape index (κ3) is 2.45. The Kier molecular flexibility index (Phi) is 3.97. The van der Waals surface area contributed by atoms with Crippen LogP contribution in [-0.4, -0.2) is 34.5 Å². The van der Waals surface area contributed by atoms with Crippen molar-refractivity contribution in [2.75, 3.05) is 0 Å². The van der Waals surface area contributed by atoms with Gasteiger partial charge in [0.25, 0.3) is 0 Å². The normalized spacial score (nSPS) is 42.3. The molecule has 3 aliphatic rings. The Bertz CT molecular complexity index is 699. The lowest BCUT2D eigenvalue weighted by Gasteiger charge is -2.50. The standard InChI is InChI=1S/C21H28O4/c1-11-4-6-14-13(10-11)5-7-16-15(14)8-9-21(3)17(16)18(23)19(24)20(21)25-12(2)22/h4,6,10,15-20,23-24H,5,7-9H2,1-3H3/t15?,16?,17?,18-,19-,20?,21-/m0/s1. The minimum atomic E-state index is -0.989. The fourth-order valence-corrected chi connectivity index (χ4v) is 6.13. The largest absolute Gasteiger partial charge is 0.459 e. The third-order valence-electron chi connectivity index (χ3n) is 7.15. The molecule has 0 aliphatic heterocycles. The molecule has 4 rings (SSSR count). The molecule has 3 aliphatic carbocycles. The van der Waals surface area contributed by atoms with Gasteiger partial charge in [0.2, 0.25) is 0 Å². The van der Waals surface area contributed by atoms with E-state index in [0.29, 0.717) is 11.8 Å². The van der Waals surface area contributed by atoms with Gasteiger partial charge in [-0.05, 0) is 61.5 Å². The molecule has 0 saturated heterocycles. The number of carbonyl (C=O) groups is 1. The average molecular weight is 344 g/mol. The first kappa shape index (κ1) is 17.0. The maximum atomic E-state index is 11.5. The maximum Gasteiger partial charge on any atom is 0.303 e. The molecular weight excluding hydrogens is 316 g/mol. The predicted molar refractivity (Wildman–Crippen MR) is 94.1 cm³/mol. The molecule has 0 amide bonds. The molecule has 0 radical (unpaired) electrons. The summed E-state index contributed by atoms with van der Waals surface area (Å²) in [5, 5.41) is 21.4. The summed E-state index contributed by atoms with van der Waals surface area (Å²) in [7, 11) is 0. The molecule has 0 bridgehead atoms. The van der Waals surface area contributed by atoms with Crippen molar-refractivity contribution in [1.82, 2.24) is 0 Å². The molecule has 0 heterocycles. The number of fused-ring (bicyclic) bond motifs is 5. The van der Waals surface area contributed by atoms with Gasteiger partial charge in [-0.3, -0.25) is 4.79 Å². The fourth-order valence-electron chi connectivity index (χ4n) is 6.13. The molecular formula is C21H28O4. The van der Waals surface area contributed by atoms with E-state index in [4.69, 9.17) is 4.74 Å². The van der Waals surface area contributed by atoms with Crippen LogP contribution in [0, 0.1) is 24.2 Å². The van der Waals surface area contributed by atoms with Gasteiger partial charge in [0.05, 0.1) is 6.10 Å². The zero-order chi connectivity index (χ0) is 17.9. The first-order chi connectivity index (χ1) is 11.8. The second-order valence-electron chi connectivity index (χ2n) is 8.59. The molecule has 4 nitrogen and oxygen atoms in total. The van der Waals surface area contributed by atoms with Crippen molar-refractivity contribution in [1.29, 1.82) is 0 Å². The highest BCUT2D eigenvalue weighted by Crippen LogP contribution is 2.61. The Morgan fingerprint density at radius 3 is 2.72 bits per heavy atom. The second kappa shape index (κ2) is 5.82. The van der Waals surface area contributed by atoms with Gasteiger partial charge in [-0.15, -0.1) is 0 Å². The van der Waals surface area contributed by atoms with Crippen LogP contribution < -0.4 is 0 Å². The highest BCUT2D eigenvalue weighted by Gasteiger charge is 2.64. The van der Waals surface area contributed by atoms with Crippen molar-refractivity contribution in [3.63, 3.8) is 0 Å². The van der Waals surface area contributed by atoms with Gasteiger partial charge in [0, 0.05) is 12.3 Å². The quantitative estimate of drug-likeness (QED) is 0.769. The van der Waals surface area contributed by atoms with Crippen LogP contribution in [0.1, 0.15) is 55.7 Å².